The van der Waals surface area contributed by atoms with Crippen LogP contribution in [0.15, 0.2) is 9.98 Å². The maximum Gasteiger partial charge on any atom is 0.104 e. The Kier molecular flexibility index (Phi) is 1.75. The van der Waals surface area contributed by atoms with Crippen LogP contribution in [0.3, 0.4) is 0 Å². The van der Waals surface area contributed by atoms with E-state index in [9.17, 15) is 0 Å². The summed E-state index contributed by atoms with van der Waals surface area (Å²) in [6.07, 6.45) is 4.94. The van der Waals surface area contributed by atoms with Crippen LogP contribution in [0.25, 0.3) is 0 Å². The number of hydrazine groups is 1. The summed E-state index contributed by atoms with van der Waals surface area (Å²) >= 11 is 0. The van der Waals surface area contributed by atoms with E-state index in [2.05, 4.69) is 20.0 Å². The van der Waals surface area contributed by atoms with Gasteiger partial charge in [0.05, 0.1) is 13.1 Å². The van der Waals surface area contributed by atoms with Gasteiger partial charge in [-0.2, -0.15) is 0 Å². The number of hydrogen-bond donors (Lipinski definition) is 0. The number of nitrogens with zero attached hydrogens (tertiary/aromatic N) is 4. The molecular formula is C7H12N4. The van der Waals surface area contributed by atoms with Gasteiger partial charge in [-0.3, -0.25) is 20.0 Å². The first-order valence-corrected chi connectivity index (χ1v) is 4.00. The molecule has 2 heterocycles. The lowest BCUT2D eigenvalue weighted by Crippen LogP contribution is -2.42. The van der Waals surface area contributed by atoms with Gasteiger partial charge in [-0.05, 0) is 6.42 Å². The molecule has 2 aliphatic heterocycles. The Hall–Kier alpha value is -1.06. The van der Waals surface area contributed by atoms with Gasteiger partial charge >= 0.3 is 0 Å². The van der Waals surface area contributed by atoms with E-state index in [1.165, 1.54) is 0 Å². The Morgan fingerprint density at radius 2 is 1.64 bits per heavy atom. The minimum Gasteiger partial charge on any atom is -0.274 e. The molecule has 0 aromatic heterocycles. The number of hydrogen-bond acceptors (Lipinski definition) is 4. The predicted molar refractivity (Wildman–Crippen MR) is 44.7 cm³/mol. The van der Waals surface area contributed by atoms with Gasteiger partial charge in [0.1, 0.15) is 12.7 Å². The van der Waals surface area contributed by atoms with E-state index in [1.807, 2.05) is 12.7 Å². The van der Waals surface area contributed by atoms with Crippen molar-refractivity contribution in [2.45, 2.75) is 6.42 Å². The molecule has 4 nitrogen and oxygen atoms in total. The molecule has 0 aliphatic carbocycles. The van der Waals surface area contributed by atoms with E-state index < -0.39 is 0 Å². The van der Waals surface area contributed by atoms with Crippen LogP contribution in [0.1, 0.15) is 6.42 Å². The largest absolute Gasteiger partial charge is 0.274 e. The summed E-state index contributed by atoms with van der Waals surface area (Å²) < 4.78 is 0. The molecule has 0 atom stereocenters. The first-order chi connectivity index (χ1) is 5.47. The maximum atomic E-state index is 4.20. The second-order valence-electron chi connectivity index (χ2n) is 2.72. The molecule has 0 bridgehead atoms. The molecular weight excluding hydrogens is 140 g/mol. The van der Waals surface area contributed by atoms with Gasteiger partial charge < -0.3 is 0 Å². The van der Waals surface area contributed by atoms with Crippen molar-refractivity contribution in [3.05, 3.63) is 0 Å². The monoisotopic (exact) mass is 152 g/mol. The van der Waals surface area contributed by atoms with Gasteiger partial charge in [0.25, 0.3) is 0 Å². The summed E-state index contributed by atoms with van der Waals surface area (Å²) in [7, 11) is 0. The summed E-state index contributed by atoms with van der Waals surface area (Å²) in [6.45, 7) is 3.98. The lowest BCUT2D eigenvalue weighted by Gasteiger charge is -2.30. The zero-order valence-electron chi connectivity index (χ0n) is 6.48. The first-order valence-electron chi connectivity index (χ1n) is 4.00. The minimum atomic E-state index is 0.921. The Bertz CT molecular complexity index is 187. The molecule has 2 aliphatic rings. The Morgan fingerprint density at radius 1 is 0.909 bits per heavy atom. The van der Waals surface area contributed by atoms with Crippen LogP contribution in [0.5, 0.6) is 0 Å². The van der Waals surface area contributed by atoms with Crippen LogP contribution in [-0.2, 0) is 0 Å². The van der Waals surface area contributed by atoms with E-state index >= 15 is 0 Å². The third-order valence-electron chi connectivity index (χ3n) is 1.89. The van der Waals surface area contributed by atoms with Crippen molar-refractivity contribution in [3.63, 3.8) is 0 Å². The summed E-state index contributed by atoms with van der Waals surface area (Å²) in [6, 6.07) is 0. The number of aliphatic imine (C=N–C) groups is 2. The number of rotatable bonds is 1. The fourth-order valence-corrected chi connectivity index (χ4v) is 1.29. The topological polar surface area (TPSA) is 31.2 Å². The first kappa shape index (κ1) is 6.64. The molecule has 0 fully saturated rings. The summed E-state index contributed by atoms with van der Waals surface area (Å²) in [4.78, 5) is 8.34. The Morgan fingerprint density at radius 3 is 2.18 bits per heavy atom. The SMILES string of the molecule is C1=NCCCN1N1C=NCC1. The fourth-order valence-electron chi connectivity index (χ4n) is 1.29. The van der Waals surface area contributed by atoms with Crippen LogP contribution in [0.2, 0.25) is 0 Å². The smallest absolute Gasteiger partial charge is 0.104 e. The highest BCUT2D eigenvalue weighted by Gasteiger charge is 2.13. The molecule has 0 unspecified atom stereocenters. The molecule has 0 radical (unpaired) electrons. The van der Waals surface area contributed by atoms with Crippen molar-refractivity contribution in [3.8, 4) is 0 Å². The predicted octanol–water partition coefficient (Wildman–Crippen LogP) is -0.0207. The molecule has 0 amide bonds. The minimum absolute atomic E-state index is 0.921. The van der Waals surface area contributed by atoms with E-state index in [1.54, 1.807) is 0 Å². The Balaban J connectivity index is 1.97. The van der Waals surface area contributed by atoms with Crippen LogP contribution in [0, 0.1) is 0 Å². The van der Waals surface area contributed by atoms with E-state index in [0.717, 1.165) is 32.6 Å². The molecule has 0 saturated heterocycles. The zero-order chi connectivity index (χ0) is 7.52. The Labute approximate surface area is 66.2 Å². The summed E-state index contributed by atoms with van der Waals surface area (Å²) in [5, 5.41) is 4.24. The summed E-state index contributed by atoms with van der Waals surface area (Å²) in [5.74, 6) is 0. The second kappa shape index (κ2) is 2.90. The fraction of sp³-hybridized carbons (Fsp3) is 0.714. The van der Waals surface area contributed by atoms with Gasteiger partial charge in [-0.1, -0.05) is 0 Å². The molecule has 2 rings (SSSR count). The van der Waals surface area contributed by atoms with Crippen LogP contribution in [0.4, 0.5) is 0 Å². The normalized spacial score (nSPS) is 23.3. The molecule has 4 heteroatoms. The molecule has 0 spiro atoms. The molecule has 0 N–H and O–H groups in total. The standard InChI is InChI=1S/C7H12N4/c1-2-8-6-10(4-1)11-5-3-9-7-11/h6-7H,1-5H2. The molecule has 0 saturated carbocycles. The lowest BCUT2D eigenvalue weighted by molar-refractivity contribution is 0.152. The molecule has 0 aromatic rings. The van der Waals surface area contributed by atoms with Crippen molar-refractivity contribution in [2.75, 3.05) is 26.2 Å². The quantitative estimate of drug-likeness (QED) is 0.528. The second-order valence-corrected chi connectivity index (χ2v) is 2.72. The molecule has 11 heavy (non-hydrogen) atoms. The van der Waals surface area contributed by atoms with Gasteiger partial charge in [0.15, 0.2) is 0 Å². The highest BCUT2D eigenvalue weighted by molar-refractivity contribution is 5.63. The van der Waals surface area contributed by atoms with E-state index in [0.29, 0.717) is 0 Å². The third kappa shape index (κ3) is 1.34. The average Bonchev–Trinajstić information content (AvgIpc) is 2.58. The van der Waals surface area contributed by atoms with Gasteiger partial charge in [-0.25, -0.2) is 0 Å². The van der Waals surface area contributed by atoms with Crippen molar-refractivity contribution in [1.82, 2.24) is 10.0 Å². The maximum absolute atomic E-state index is 4.20. The highest BCUT2D eigenvalue weighted by Crippen LogP contribution is 2.03. The van der Waals surface area contributed by atoms with Crippen molar-refractivity contribution < 1.29 is 0 Å². The van der Waals surface area contributed by atoms with Crippen LogP contribution < -0.4 is 0 Å². The lowest BCUT2D eigenvalue weighted by atomic mass is 10.4. The van der Waals surface area contributed by atoms with Gasteiger partial charge in [0, 0.05) is 13.1 Å². The summed E-state index contributed by atoms with van der Waals surface area (Å²) in [5.41, 5.74) is 0. The van der Waals surface area contributed by atoms with Crippen molar-refractivity contribution >= 4 is 12.7 Å². The average molecular weight is 152 g/mol. The molecule has 0 aromatic carbocycles. The highest BCUT2D eigenvalue weighted by atomic mass is 15.6. The van der Waals surface area contributed by atoms with Crippen LogP contribution >= 0.6 is 0 Å². The van der Waals surface area contributed by atoms with Gasteiger partial charge in [0.2, 0.25) is 0 Å². The zero-order valence-corrected chi connectivity index (χ0v) is 6.48. The molecule has 60 valence electrons. The van der Waals surface area contributed by atoms with Crippen LogP contribution in [-0.4, -0.2) is 48.9 Å². The van der Waals surface area contributed by atoms with E-state index in [-0.39, 0.29) is 0 Å². The van der Waals surface area contributed by atoms with Crippen molar-refractivity contribution in [1.29, 1.82) is 0 Å². The van der Waals surface area contributed by atoms with E-state index in [4.69, 9.17) is 0 Å². The van der Waals surface area contributed by atoms with Gasteiger partial charge in [-0.15, -0.1) is 0 Å². The third-order valence-corrected chi connectivity index (χ3v) is 1.89. The van der Waals surface area contributed by atoms with Crippen molar-refractivity contribution in [2.24, 2.45) is 9.98 Å².